The molecule has 106 valence electrons. The van der Waals surface area contributed by atoms with Crippen LogP contribution in [0.3, 0.4) is 0 Å². The van der Waals surface area contributed by atoms with E-state index in [1.165, 1.54) is 6.08 Å². The molecule has 0 amide bonds. The average molecular weight is 301 g/mol. The fourth-order valence-corrected chi connectivity index (χ4v) is 2.45. The molecule has 3 rings (SSSR count). The van der Waals surface area contributed by atoms with E-state index in [1.54, 1.807) is 29.7 Å². The summed E-state index contributed by atoms with van der Waals surface area (Å²) in [4.78, 5) is 19.8. The van der Waals surface area contributed by atoms with Gasteiger partial charge in [-0.05, 0) is 18.2 Å². The number of hydrogen-bond acceptors (Lipinski definition) is 5. The topological polar surface area (TPSA) is 76.7 Å². The summed E-state index contributed by atoms with van der Waals surface area (Å²) in [5, 5.41) is 10.5. The van der Waals surface area contributed by atoms with Crippen LogP contribution in [0.25, 0.3) is 11.0 Å². The number of pyridine rings is 1. The number of hydrogen-bond donors (Lipinski definition) is 1. The van der Waals surface area contributed by atoms with E-state index >= 15 is 0 Å². The summed E-state index contributed by atoms with van der Waals surface area (Å²) in [7, 11) is 0. The van der Waals surface area contributed by atoms with Gasteiger partial charge in [-0.25, -0.2) is 9.78 Å². The fraction of sp³-hybridized carbons (Fsp3) is 0.0714. The van der Waals surface area contributed by atoms with E-state index in [0.717, 1.165) is 16.7 Å². The number of imidazole rings is 1. The molecule has 0 bridgehead atoms. The summed E-state index contributed by atoms with van der Waals surface area (Å²) in [6.45, 7) is 0.361. The van der Waals surface area contributed by atoms with Gasteiger partial charge in [-0.1, -0.05) is 0 Å². The number of rotatable bonds is 5. The Labute approximate surface area is 124 Å². The minimum absolute atomic E-state index is 0.361. The van der Waals surface area contributed by atoms with Crippen molar-refractivity contribution in [2.75, 3.05) is 0 Å². The van der Waals surface area contributed by atoms with Crippen molar-refractivity contribution >= 4 is 28.3 Å². The number of carboxylic acid groups (broad SMARTS) is 1. The Balaban J connectivity index is 1.62. The first-order valence-corrected chi connectivity index (χ1v) is 6.99. The molecule has 0 spiro atoms. The number of carboxylic acids is 1. The molecule has 7 heteroatoms. The number of nitrogens with zero attached hydrogens (tertiary/aromatic N) is 3. The smallest absolute Gasteiger partial charge is 0.328 e. The normalized spacial score (nSPS) is 11.2. The van der Waals surface area contributed by atoms with Crippen molar-refractivity contribution in [2.45, 2.75) is 6.61 Å². The van der Waals surface area contributed by atoms with Crippen molar-refractivity contribution in [3.05, 3.63) is 53.6 Å². The number of ether oxygens (including phenoxy) is 1. The third kappa shape index (κ3) is 3.26. The van der Waals surface area contributed by atoms with Crippen LogP contribution >= 0.6 is 11.3 Å². The molecular weight excluding hydrogens is 290 g/mol. The van der Waals surface area contributed by atoms with E-state index in [1.807, 2.05) is 22.2 Å². The van der Waals surface area contributed by atoms with Crippen LogP contribution in [-0.4, -0.2) is 25.4 Å². The molecule has 1 N–H and O–H groups in total. The number of carbonyl (C=O) groups is 1. The molecule has 0 aliphatic carbocycles. The molecule has 21 heavy (non-hydrogen) atoms. The number of aromatic nitrogens is 3. The molecule has 3 heterocycles. The van der Waals surface area contributed by atoms with Crippen molar-refractivity contribution in [3.8, 4) is 5.75 Å². The largest absolute Gasteiger partial charge is 0.486 e. The predicted octanol–water partition coefficient (Wildman–Crippen LogP) is 2.47. The minimum atomic E-state index is -1.00. The SMILES string of the molecule is O=C(O)/C=C/c1ccc(OCc2cn3ccsc3n2)cn1. The first-order valence-electron chi connectivity index (χ1n) is 6.11. The molecule has 0 fully saturated rings. The number of fused-ring (bicyclic) bond motifs is 1. The van der Waals surface area contributed by atoms with E-state index in [-0.39, 0.29) is 0 Å². The molecule has 0 saturated carbocycles. The Morgan fingerprint density at radius 2 is 2.38 bits per heavy atom. The van der Waals surface area contributed by atoms with Crippen molar-refractivity contribution in [2.24, 2.45) is 0 Å². The lowest BCUT2D eigenvalue weighted by Gasteiger charge is -2.03. The summed E-state index contributed by atoms with van der Waals surface area (Å²) in [5.41, 5.74) is 1.41. The highest BCUT2D eigenvalue weighted by Crippen LogP contribution is 2.15. The van der Waals surface area contributed by atoms with Crippen LogP contribution in [0, 0.1) is 0 Å². The van der Waals surface area contributed by atoms with Crippen LogP contribution < -0.4 is 4.74 Å². The first kappa shape index (κ1) is 13.3. The Morgan fingerprint density at radius 3 is 3.10 bits per heavy atom. The molecule has 3 aromatic heterocycles. The van der Waals surface area contributed by atoms with Crippen LogP contribution in [-0.2, 0) is 11.4 Å². The third-order valence-electron chi connectivity index (χ3n) is 2.69. The number of thiazole rings is 1. The third-order valence-corrected chi connectivity index (χ3v) is 3.46. The van der Waals surface area contributed by atoms with Crippen LogP contribution in [0.5, 0.6) is 5.75 Å². The van der Waals surface area contributed by atoms with Gasteiger partial charge >= 0.3 is 5.97 Å². The monoisotopic (exact) mass is 301 g/mol. The highest BCUT2D eigenvalue weighted by atomic mass is 32.1. The van der Waals surface area contributed by atoms with Crippen molar-refractivity contribution in [1.29, 1.82) is 0 Å². The highest BCUT2D eigenvalue weighted by Gasteiger charge is 2.03. The van der Waals surface area contributed by atoms with E-state index in [4.69, 9.17) is 9.84 Å². The second-order valence-corrected chi connectivity index (χ2v) is 5.08. The molecule has 0 radical (unpaired) electrons. The average Bonchev–Trinajstić information content (AvgIpc) is 3.05. The van der Waals surface area contributed by atoms with Gasteiger partial charge in [-0.2, -0.15) is 0 Å². The Morgan fingerprint density at radius 1 is 1.48 bits per heavy atom. The lowest BCUT2D eigenvalue weighted by Crippen LogP contribution is -1.96. The lowest BCUT2D eigenvalue weighted by atomic mass is 10.3. The Kier molecular flexibility index (Phi) is 3.65. The first-order chi connectivity index (χ1) is 10.2. The Bertz CT molecular complexity index is 761. The molecule has 0 atom stereocenters. The molecule has 0 aliphatic heterocycles. The summed E-state index contributed by atoms with van der Waals surface area (Å²) >= 11 is 1.57. The van der Waals surface area contributed by atoms with Crippen LogP contribution in [0.15, 0.2) is 42.2 Å². The van der Waals surface area contributed by atoms with Gasteiger partial charge in [-0.15, -0.1) is 11.3 Å². The van der Waals surface area contributed by atoms with Crippen molar-refractivity contribution < 1.29 is 14.6 Å². The zero-order valence-corrected chi connectivity index (χ0v) is 11.7. The molecule has 0 aliphatic rings. The molecule has 0 unspecified atom stereocenters. The molecule has 0 saturated heterocycles. The van der Waals surface area contributed by atoms with Gasteiger partial charge in [0.15, 0.2) is 4.96 Å². The quantitative estimate of drug-likeness (QED) is 0.733. The van der Waals surface area contributed by atoms with E-state index in [2.05, 4.69) is 9.97 Å². The van der Waals surface area contributed by atoms with Crippen LogP contribution in [0.1, 0.15) is 11.4 Å². The minimum Gasteiger partial charge on any atom is -0.486 e. The van der Waals surface area contributed by atoms with Crippen LogP contribution in [0.4, 0.5) is 0 Å². The van der Waals surface area contributed by atoms with E-state index in [9.17, 15) is 4.79 Å². The summed E-state index contributed by atoms with van der Waals surface area (Å²) in [6, 6.07) is 3.44. The van der Waals surface area contributed by atoms with Gasteiger partial charge in [0.1, 0.15) is 12.4 Å². The highest BCUT2D eigenvalue weighted by molar-refractivity contribution is 7.15. The van der Waals surface area contributed by atoms with Gasteiger partial charge in [-0.3, -0.25) is 9.38 Å². The van der Waals surface area contributed by atoms with Gasteiger partial charge in [0.25, 0.3) is 0 Å². The van der Waals surface area contributed by atoms with Crippen LogP contribution in [0.2, 0.25) is 0 Å². The summed E-state index contributed by atoms with van der Waals surface area (Å²) in [6.07, 6.45) is 7.89. The van der Waals surface area contributed by atoms with Gasteiger partial charge in [0, 0.05) is 23.8 Å². The standard InChI is InChI=1S/C14H11N3O3S/c18-13(19)4-2-10-1-3-12(7-15-10)20-9-11-8-17-5-6-21-14(17)16-11/h1-8H,9H2,(H,18,19)/b4-2+. The molecular formula is C14H11N3O3S. The summed E-state index contributed by atoms with van der Waals surface area (Å²) in [5.74, 6) is -0.393. The maximum absolute atomic E-state index is 10.4. The zero-order chi connectivity index (χ0) is 14.7. The van der Waals surface area contributed by atoms with E-state index in [0.29, 0.717) is 18.1 Å². The zero-order valence-electron chi connectivity index (χ0n) is 10.8. The summed E-state index contributed by atoms with van der Waals surface area (Å²) < 4.78 is 7.54. The second kappa shape index (κ2) is 5.76. The molecule has 0 aromatic carbocycles. The van der Waals surface area contributed by atoms with E-state index < -0.39 is 5.97 Å². The second-order valence-electron chi connectivity index (χ2n) is 4.20. The van der Waals surface area contributed by atoms with Gasteiger partial charge in [0.05, 0.1) is 17.6 Å². The fourth-order valence-electron chi connectivity index (χ4n) is 1.74. The number of aliphatic carboxylic acids is 1. The molecule has 6 nitrogen and oxygen atoms in total. The Hall–Kier alpha value is -2.67. The van der Waals surface area contributed by atoms with Crippen molar-refractivity contribution in [1.82, 2.24) is 14.4 Å². The maximum atomic E-state index is 10.4. The lowest BCUT2D eigenvalue weighted by molar-refractivity contribution is -0.131. The molecule has 3 aromatic rings. The van der Waals surface area contributed by atoms with Crippen molar-refractivity contribution in [3.63, 3.8) is 0 Å². The predicted molar refractivity (Wildman–Crippen MR) is 78.3 cm³/mol. The van der Waals surface area contributed by atoms with Gasteiger partial charge < -0.3 is 9.84 Å². The maximum Gasteiger partial charge on any atom is 0.328 e. The van der Waals surface area contributed by atoms with Gasteiger partial charge in [0.2, 0.25) is 0 Å².